The van der Waals surface area contributed by atoms with Crippen molar-refractivity contribution in [2.75, 3.05) is 18.5 Å². The predicted molar refractivity (Wildman–Crippen MR) is 55.4 cm³/mol. The summed E-state index contributed by atoms with van der Waals surface area (Å²) in [5, 5.41) is 14.3. The normalized spacial score (nSPS) is 11.3. The third kappa shape index (κ3) is 6.41. The summed E-state index contributed by atoms with van der Waals surface area (Å²) in [6, 6.07) is 0. The van der Waals surface area contributed by atoms with Gasteiger partial charge in [0.15, 0.2) is 0 Å². The third-order valence-electron chi connectivity index (χ3n) is 1.71. The van der Waals surface area contributed by atoms with Crippen LogP contribution in [0.4, 0.5) is 18.9 Å². The van der Waals surface area contributed by atoms with Crippen molar-refractivity contribution in [3.05, 3.63) is 12.4 Å². The molecule has 0 atom stereocenters. The van der Waals surface area contributed by atoms with Crippen LogP contribution in [0, 0.1) is 0 Å². The smallest absolute Gasteiger partial charge is 0.411 e. The molecule has 1 aromatic rings. The van der Waals surface area contributed by atoms with Gasteiger partial charge in [-0.25, -0.2) is 0 Å². The molecule has 0 aromatic carbocycles. The maximum atomic E-state index is 11.7. The predicted octanol–water partition coefficient (Wildman–Crippen LogP) is 0.485. The van der Waals surface area contributed by atoms with Crippen LogP contribution in [-0.4, -0.2) is 46.2 Å². The summed E-state index contributed by atoms with van der Waals surface area (Å²) in [7, 11) is 0. The Kier molecular flexibility index (Phi) is 4.87. The Bertz CT molecular complexity index is 458. The van der Waals surface area contributed by atoms with Crippen molar-refractivity contribution < 1.29 is 32.6 Å². The number of carboxylic acids is 1. The fraction of sp³-hybridized carbons (Fsp3) is 0.444. The zero-order valence-corrected chi connectivity index (χ0v) is 9.48. The second-order valence-corrected chi connectivity index (χ2v) is 3.48. The maximum absolute atomic E-state index is 11.7. The third-order valence-corrected chi connectivity index (χ3v) is 1.71. The zero-order valence-electron chi connectivity index (χ0n) is 9.48. The first-order valence-electron chi connectivity index (χ1n) is 4.95. The lowest BCUT2D eigenvalue weighted by Crippen LogP contribution is -2.23. The summed E-state index contributed by atoms with van der Waals surface area (Å²) in [5.74, 6) is -1.91. The molecule has 1 rings (SSSR count). The van der Waals surface area contributed by atoms with Crippen LogP contribution in [0.25, 0.3) is 0 Å². The van der Waals surface area contributed by atoms with Crippen LogP contribution in [0.5, 0.6) is 0 Å². The molecule has 1 heterocycles. The van der Waals surface area contributed by atoms with Crippen molar-refractivity contribution in [1.82, 2.24) is 9.78 Å². The largest absolute Gasteiger partial charge is 0.480 e. The van der Waals surface area contributed by atoms with Gasteiger partial charge in [-0.1, -0.05) is 0 Å². The van der Waals surface area contributed by atoms with Crippen molar-refractivity contribution in [3.8, 4) is 0 Å². The first kappa shape index (κ1) is 15.0. The van der Waals surface area contributed by atoms with E-state index in [9.17, 15) is 22.8 Å². The van der Waals surface area contributed by atoms with Gasteiger partial charge in [0.25, 0.3) is 0 Å². The molecule has 0 aliphatic rings. The highest BCUT2D eigenvalue weighted by molar-refractivity contribution is 5.91. The fourth-order valence-electron chi connectivity index (χ4n) is 1.11. The van der Waals surface area contributed by atoms with Crippen molar-refractivity contribution >= 4 is 17.6 Å². The number of carbonyl (C=O) groups is 2. The molecule has 1 amide bonds. The van der Waals surface area contributed by atoms with Crippen molar-refractivity contribution in [2.24, 2.45) is 0 Å². The zero-order chi connectivity index (χ0) is 14.5. The van der Waals surface area contributed by atoms with E-state index in [4.69, 9.17) is 5.11 Å². The lowest BCUT2D eigenvalue weighted by Gasteiger charge is -2.07. The number of halogens is 3. The van der Waals surface area contributed by atoms with Gasteiger partial charge in [-0.15, -0.1) is 0 Å². The van der Waals surface area contributed by atoms with E-state index in [0.717, 1.165) is 4.68 Å². The van der Waals surface area contributed by atoms with Gasteiger partial charge in [0.2, 0.25) is 5.91 Å². The van der Waals surface area contributed by atoms with Crippen LogP contribution in [0.1, 0.15) is 0 Å². The molecule has 10 heteroatoms. The molecule has 0 fully saturated rings. The number of rotatable bonds is 6. The Morgan fingerprint density at radius 3 is 2.74 bits per heavy atom. The quantitative estimate of drug-likeness (QED) is 0.791. The number of nitrogens with one attached hydrogen (secondary N) is 1. The number of aromatic nitrogens is 2. The molecule has 0 saturated carbocycles. The van der Waals surface area contributed by atoms with Crippen LogP contribution in [0.2, 0.25) is 0 Å². The maximum Gasteiger partial charge on any atom is 0.411 e. The topological polar surface area (TPSA) is 93.5 Å². The van der Waals surface area contributed by atoms with E-state index in [1.807, 2.05) is 0 Å². The number of hydrogen-bond donors (Lipinski definition) is 2. The monoisotopic (exact) mass is 281 g/mol. The van der Waals surface area contributed by atoms with Gasteiger partial charge >= 0.3 is 12.1 Å². The summed E-state index contributed by atoms with van der Waals surface area (Å²) >= 11 is 0. The SMILES string of the molecule is O=C(O)Cn1cc(NC(=O)COCC(F)(F)F)cn1. The number of hydrogen-bond acceptors (Lipinski definition) is 4. The molecule has 0 radical (unpaired) electrons. The highest BCUT2D eigenvalue weighted by Gasteiger charge is 2.27. The molecule has 7 nitrogen and oxygen atoms in total. The summed E-state index contributed by atoms with van der Waals surface area (Å²) in [4.78, 5) is 21.5. The number of carbonyl (C=O) groups excluding carboxylic acids is 1. The van der Waals surface area contributed by atoms with E-state index in [0.29, 0.717) is 0 Å². The number of carboxylic acid groups (broad SMARTS) is 1. The molecule has 0 unspecified atom stereocenters. The number of nitrogens with zero attached hydrogens (tertiary/aromatic N) is 2. The standard InChI is InChI=1S/C9H10F3N3O4/c10-9(11,12)5-19-4-7(16)14-6-1-13-15(2-6)3-8(17)18/h1-2H,3-5H2,(H,14,16)(H,17,18). The molecule has 19 heavy (non-hydrogen) atoms. The second-order valence-electron chi connectivity index (χ2n) is 3.48. The van der Waals surface area contributed by atoms with E-state index < -0.39 is 31.3 Å². The van der Waals surface area contributed by atoms with Crippen LogP contribution >= 0.6 is 0 Å². The Labute approximate surface area is 105 Å². The Hall–Kier alpha value is -2.10. The van der Waals surface area contributed by atoms with Gasteiger partial charge in [0.05, 0.1) is 11.9 Å². The minimum Gasteiger partial charge on any atom is -0.480 e. The first-order valence-corrected chi connectivity index (χ1v) is 4.95. The molecule has 2 N–H and O–H groups in total. The molecule has 0 spiro atoms. The van der Waals surface area contributed by atoms with Gasteiger partial charge in [-0.05, 0) is 0 Å². The van der Waals surface area contributed by atoms with Gasteiger partial charge in [0.1, 0.15) is 19.8 Å². The Morgan fingerprint density at radius 2 is 2.16 bits per heavy atom. The highest BCUT2D eigenvalue weighted by Crippen LogP contribution is 2.14. The lowest BCUT2D eigenvalue weighted by molar-refractivity contribution is -0.174. The summed E-state index contributed by atoms with van der Waals surface area (Å²) in [5.41, 5.74) is 0.168. The Morgan fingerprint density at radius 1 is 1.47 bits per heavy atom. The van der Waals surface area contributed by atoms with E-state index in [1.54, 1.807) is 0 Å². The van der Waals surface area contributed by atoms with Crippen molar-refractivity contribution in [2.45, 2.75) is 12.7 Å². The summed E-state index contributed by atoms with van der Waals surface area (Å²) in [6.07, 6.45) is -2.09. The van der Waals surface area contributed by atoms with Gasteiger partial charge in [-0.3, -0.25) is 14.3 Å². The van der Waals surface area contributed by atoms with Crippen LogP contribution in [0.15, 0.2) is 12.4 Å². The summed E-state index contributed by atoms with van der Waals surface area (Å²) in [6.45, 7) is -2.66. The number of ether oxygens (including phenoxy) is 1. The summed E-state index contributed by atoms with van der Waals surface area (Å²) < 4.78 is 40.4. The molecule has 1 aromatic heterocycles. The van der Waals surface area contributed by atoms with Crippen LogP contribution < -0.4 is 5.32 Å². The fourth-order valence-corrected chi connectivity index (χ4v) is 1.11. The molecule has 106 valence electrons. The average molecular weight is 281 g/mol. The second kappa shape index (κ2) is 6.18. The van der Waals surface area contributed by atoms with Gasteiger partial charge in [-0.2, -0.15) is 18.3 Å². The van der Waals surface area contributed by atoms with Crippen molar-refractivity contribution in [1.29, 1.82) is 0 Å². The first-order chi connectivity index (χ1) is 8.76. The van der Waals surface area contributed by atoms with Gasteiger partial charge in [0, 0.05) is 6.20 Å². The minimum absolute atomic E-state index is 0.168. The minimum atomic E-state index is -4.49. The number of alkyl halides is 3. The van der Waals surface area contributed by atoms with E-state index in [1.165, 1.54) is 12.4 Å². The molecule has 0 aliphatic heterocycles. The van der Waals surface area contributed by atoms with E-state index in [-0.39, 0.29) is 12.2 Å². The number of amides is 1. The Balaban J connectivity index is 2.36. The lowest BCUT2D eigenvalue weighted by atomic mass is 10.5. The van der Waals surface area contributed by atoms with E-state index >= 15 is 0 Å². The van der Waals surface area contributed by atoms with Gasteiger partial charge < -0.3 is 15.2 Å². The molecule has 0 saturated heterocycles. The molecule has 0 bridgehead atoms. The van der Waals surface area contributed by atoms with Crippen LogP contribution in [0.3, 0.4) is 0 Å². The average Bonchev–Trinajstić information content (AvgIpc) is 2.62. The molecular formula is C9H10F3N3O4. The number of anilines is 1. The van der Waals surface area contributed by atoms with Crippen molar-refractivity contribution in [3.63, 3.8) is 0 Å². The molecular weight excluding hydrogens is 271 g/mol. The molecule has 0 aliphatic carbocycles. The van der Waals surface area contributed by atoms with Crippen LogP contribution in [-0.2, 0) is 20.9 Å². The van der Waals surface area contributed by atoms with E-state index in [2.05, 4.69) is 15.2 Å². The highest BCUT2D eigenvalue weighted by atomic mass is 19.4. The number of aliphatic carboxylic acids is 1.